The number of hydrogen-bond donors (Lipinski definition) is 0. The number of carbonyl (C=O) groups is 1. The first-order valence-corrected chi connectivity index (χ1v) is 5.23. The lowest BCUT2D eigenvalue weighted by Gasteiger charge is -2.32. The van der Waals surface area contributed by atoms with Crippen molar-refractivity contribution in [1.29, 1.82) is 0 Å². The van der Waals surface area contributed by atoms with Crippen LogP contribution in [0, 0.1) is 17.3 Å². The number of carbonyl (C=O) groups excluding carboxylic acids is 1. The van der Waals surface area contributed by atoms with Crippen LogP contribution in [0.1, 0.15) is 40.0 Å². The fourth-order valence-corrected chi connectivity index (χ4v) is 2.73. The monoisotopic (exact) mass is 182 g/mol. The van der Waals surface area contributed by atoms with Crippen LogP contribution < -0.4 is 0 Å². The lowest BCUT2D eigenvalue weighted by Crippen LogP contribution is -2.32. The maximum absolute atomic E-state index is 11.5. The van der Waals surface area contributed by atoms with Gasteiger partial charge in [0, 0.05) is 5.92 Å². The molecule has 0 aromatic heterocycles. The smallest absolute Gasteiger partial charge is 0.312 e. The summed E-state index contributed by atoms with van der Waals surface area (Å²) in [6.45, 7) is 6.29. The molecule has 2 heteroatoms. The second-order valence-electron chi connectivity index (χ2n) is 5.19. The van der Waals surface area contributed by atoms with E-state index in [9.17, 15) is 4.79 Å². The summed E-state index contributed by atoms with van der Waals surface area (Å²) >= 11 is 0. The molecule has 1 aliphatic carbocycles. The molecule has 0 amide bonds. The Balaban J connectivity index is 2.18. The van der Waals surface area contributed by atoms with Gasteiger partial charge in [0.05, 0.1) is 5.41 Å². The first kappa shape index (κ1) is 9.04. The average Bonchev–Trinajstić information content (AvgIpc) is 2.23. The molecule has 0 aromatic carbocycles. The first-order valence-electron chi connectivity index (χ1n) is 5.23. The molecule has 1 saturated carbocycles. The molecule has 1 saturated heterocycles. The maximum atomic E-state index is 11.5. The van der Waals surface area contributed by atoms with Gasteiger partial charge in [0.15, 0.2) is 0 Å². The normalized spacial score (nSPS) is 42.7. The second kappa shape index (κ2) is 2.73. The molecule has 0 N–H and O–H groups in total. The summed E-state index contributed by atoms with van der Waals surface area (Å²) in [5.74, 6) is 1.20. The van der Waals surface area contributed by atoms with Crippen molar-refractivity contribution in [2.75, 3.05) is 0 Å². The average molecular weight is 182 g/mol. The molecule has 1 aliphatic heterocycles. The van der Waals surface area contributed by atoms with Crippen molar-refractivity contribution >= 4 is 5.97 Å². The van der Waals surface area contributed by atoms with Crippen LogP contribution >= 0.6 is 0 Å². The lowest BCUT2D eigenvalue weighted by atomic mass is 9.70. The van der Waals surface area contributed by atoms with Gasteiger partial charge in [-0.05, 0) is 32.6 Å². The van der Waals surface area contributed by atoms with Crippen molar-refractivity contribution < 1.29 is 9.53 Å². The Labute approximate surface area is 79.7 Å². The highest BCUT2D eigenvalue weighted by molar-refractivity contribution is 5.78. The van der Waals surface area contributed by atoms with E-state index in [0.717, 1.165) is 18.8 Å². The van der Waals surface area contributed by atoms with Crippen LogP contribution in [0.3, 0.4) is 0 Å². The topological polar surface area (TPSA) is 26.3 Å². The minimum atomic E-state index is -0.231. The molecule has 2 fully saturated rings. The van der Waals surface area contributed by atoms with E-state index in [-0.39, 0.29) is 17.5 Å². The minimum Gasteiger partial charge on any atom is -0.462 e. The van der Waals surface area contributed by atoms with Gasteiger partial charge in [-0.15, -0.1) is 0 Å². The van der Waals surface area contributed by atoms with Gasteiger partial charge in [0.2, 0.25) is 0 Å². The molecule has 2 rings (SSSR count). The third kappa shape index (κ3) is 1.27. The molecular formula is C11H18O2. The van der Waals surface area contributed by atoms with Gasteiger partial charge in [-0.1, -0.05) is 13.3 Å². The molecule has 0 aromatic rings. The molecular weight excluding hydrogens is 164 g/mol. The van der Waals surface area contributed by atoms with E-state index in [1.807, 2.05) is 13.8 Å². The molecule has 0 bridgehead atoms. The zero-order chi connectivity index (χ0) is 9.64. The van der Waals surface area contributed by atoms with Crippen molar-refractivity contribution in [1.82, 2.24) is 0 Å². The Morgan fingerprint density at radius 3 is 2.77 bits per heavy atom. The third-order valence-electron chi connectivity index (χ3n) is 3.77. The van der Waals surface area contributed by atoms with Gasteiger partial charge >= 0.3 is 5.97 Å². The number of esters is 1. The fraction of sp³-hybridized carbons (Fsp3) is 0.909. The van der Waals surface area contributed by atoms with Crippen molar-refractivity contribution in [3.05, 3.63) is 0 Å². The lowest BCUT2D eigenvalue weighted by molar-refractivity contribution is -0.147. The molecule has 3 atom stereocenters. The van der Waals surface area contributed by atoms with Crippen molar-refractivity contribution in [3.63, 3.8) is 0 Å². The summed E-state index contributed by atoms with van der Waals surface area (Å²) in [5, 5.41) is 0. The molecule has 2 nitrogen and oxygen atoms in total. The van der Waals surface area contributed by atoms with Crippen molar-refractivity contribution in [2.24, 2.45) is 17.3 Å². The molecule has 1 unspecified atom stereocenters. The zero-order valence-corrected chi connectivity index (χ0v) is 8.67. The largest absolute Gasteiger partial charge is 0.462 e. The zero-order valence-electron chi connectivity index (χ0n) is 8.67. The van der Waals surface area contributed by atoms with Gasteiger partial charge in [-0.2, -0.15) is 0 Å². The Kier molecular flexibility index (Phi) is 1.90. The first-order chi connectivity index (χ1) is 6.01. The highest BCUT2D eigenvalue weighted by Crippen LogP contribution is 2.47. The highest BCUT2D eigenvalue weighted by Gasteiger charge is 2.52. The van der Waals surface area contributed by atoms with Crippen LogP contribution in [0.2, 0.25) is 0 Å². The van der Waals surface area contributed by atoms with Gasteiger partial charge in [-0.3, -0.25) is 4.79 Å². The Bertz CT molecular complexity index is 232. The van der Waals surface area contributed by atoms with Gasteiger partial charge in [-0.25, -0.2) is 0 Å². The van der Waals surface area contributed by atoms with Crippen LogP contribution in [0.25, 0.3) is 0 Å². The summed E-state index contributed by atoms with van der Waals surface area (Å²) in [6, 6.07) is 0. The molecule has 13 heavy (non-hydrogen) atoms. The van der Waals surface area contributed by atoms with Crippen molar-refractivity contribution in [3.8, 4) is 0 Å². The van der Waals surface area contributed by atoms with Gasteiger partial charge in [0.1, 0.15) is 6.10 Å². The van der Waals surface area contributed by atoms with Crippen LogP contribution in [-0.4, -0.2) is 12.1 Å². The predicted molar refractivity (Wildman–Crippen MR) is 50.2 cm³/mol. The quantitative estimate of drug-likeness (QED) is 0.538. The molecule has 74 valence electrons. The summed E-state index contributed by atoms with van der Waals surface area (Å²) in [5.41, 5.74) is -0.231. The SMILES string of the molecule is C[C@@H]1CCC2[C@@H](C1)OC(=O)C2(C)C. The molecule has 1 heterocycles. The Morgan fingerprint density at radius 1 is 1.38 bits per heavy atom. The Hall–Kier alpha value is -0.530. The van der Waals surface area contributed by atoms with E-state index >= 15 is 0 Å². The van der Waals surface area contributed by atoms with Crippen LogP contribution in [-0.2, 0) is 9.53 Å². The fourth-order valence-electron chi connectivity index (χ4n) is 2.73. The standard InChI is InChI=1S/C11H18O2/c1-7-4-5-8-9(6-7)13-10(12)11(8,2)3/h7-9H,4-6H2,1-3H3/t7-,8?,9-/m1/s1. The van der Waals surface area contributed by atoms with Crippen molar-refractivity contribution in [2.45, 2.75) is 46.1 Å². The Morgan fingerprint density at radius 2 is 2.08 bits per heavy atom. The van der Waals surface area contributed by atoms with Gasteiger partial charge < -0.3 is 4.74 Å². The predicted octanol–water partition coefficient (Wildman–Crippen LogP) is 2.37. The summed E-state index contributed by atoms with van der Waals surface area (Å²) in [7, 11) is 0. The van der Waals surface area contributed by atoms with E-state index < -0.39 is 0 Å². The van der Waals surface area contributed by atoms with E-state index in [4.69, 9.17) is 4.74 Å². The number of fused-ring (bicyclic) bond motifs is 1. The van der Waals surface area contributed by atoms with Gasteiger partial charge in [0.25, 0.3) is 0 Å². The van der Waals surface area contributed by atoms with Crippen LogP contribution in [0.15, 0.2) is 0 Å². The van der Waals surface area contributed by atoms with Crippen LogP contribution in [0.4, 0.5) is 0 Å². The molecule has 0 spiro atoms. The number of hydrogen-bond acceptors (Lipinski definition) is 2. The summed E-state index contributed by atoms with van der Waals surface area (Å²) in [6.07, 6.45) is 3.69. The van der Waals surface area contributed by atoms with E-state index in [2.05, 4.69) is 6.92 Å². The van der Waals surface area contributed by atoms with E-state index in [0.29, 0.717) is 5.92 Å². The third-order valence-corrected chi connectivity index (χ3v) is 3.77. The van der Waals surface area contributed by atoms with Crippen LogP contribution in [0.5, 0.6) is 0 Å². The van der Waals surface area contributed by atoms with E-state index in [1.54, 1.807) is 0 Å². The minimum absolute atomic E-state index is 0.0107. The maximum Gasteiger partial charge on any atom is 0.312 e. The molecule has 2 aliphatic rings. The highest BCUT2D eigenvalue weighted by atomic mass is 16.6. The molecule has 0 radical (unpaired) electrons. The summed E-state index contributed by atoms with van der Waals surface area (Å²) in [4.78, 5) is 11.5. The van der Waals surface area contributed by atoms with E-state index in [1.165, 1.54) is 6.42 Å². The summed E-state index contributed by atoms with van der Waals surface area (Å²) < 4.78 is 5.41. The number of rotatable bonds is 0. The number of ether oxygens (including phenoxy) is 1. The second-order valence-corrected chi connectivity index (χ2v) is 5.19.